The standard InChI is InChI=1S/C19H34O2/c1-4-6-13-8-15(12(3)17(20)10-13)16-9-14(7-5-2)11-18-19(16)21-18/h12-20H,4-11H2,1-3H3. The van der Waals surface area contributed by atoms with Crippen LogP contribution in [0.4, 0.5) is 0 Å². The van der Waals surface area contributed by atoms with Gasteiger partial charge in [-0.15, -0.1) is 0 Å². The first kappa shape index (κ1) is 15.8. The van der Waals surface area contributed by atoms with Crippen LogP contribution in [0.2, 0.25) is 0 Å². The van der Waals surface area contributed by atoms with Crippen molar-refractivity contribution >= 4 is 0 Å². The molecule has 1 heterocycles. The third kappa shape index (κ3) is 3.32. The molecule has 0 bridgehead atoms. The van der Waals surface area contributed by atoms with Crippen molar-refractivity contribution in [1.29, 1.82) is 0 Å². The summed E-state index contributed by atoms with van der Waals surface area (Å²) >= 11 is 0. The Morgan fingerprint density at radius 3 is 2.19 bits per heavy atom. The molecular formula is C19H34O2. The minimum atomic E-state index is -0.0796. The Bertz CT molecular complexity index is 342. The summed E-state index contributed by atoms with van der Waals surface area (Å²) in [6.45, 7) is 6.87. The van der Waals surface area contributed by atoms with Gasteiger partial charge in [0.05, 0.1) is 18.3 Å². The quantitative estimate of drug-likeness (QED) is 0.762. The van der Waals surface area contributed by atoms with E-state index >= 15 is 0 Å². The van der Waals surface area contributed by atoms with E-state index in [4.69, 9.17) is 4.74 Å². The van der Waals surface area contributed by atoms with Crippen molar-refractivity contribution in [2.24, 2.45) is 29.6 Å². The highest BCUT2D eigenvalue weighted by Crippen LogP contribution is 2.52. The van der Waals surface area contributed by atoms with Crippen LogP contribution in [-0.4, -0.2) is 23.4 Å². The van der Waals surface area contributed by atoms with E-state index in [-0.39, 0.29) is 6.10 Å². The van der Waals surface area contributed by atoms with Gasteiger partial charge in [0.25, 0.3) is 0 Å². The van der Waals surface area contributed by atoms with Gasteiger partial charge in [-0.2, -0.15) is 0 Å². The fourth-order valence-electron chi connectivity index (χ4n) is 5.47. The van der Waals surface area contributed by atoms with Crippen LogP contribution in [0.15, 0.2) is 0 Å². The number of aliphatic hydroxyl groups is 1. The molecule has 0 aromatic rings. The van der Waals surface area contributed by atoms with Crippen LogP contribution in [0, 0.1) is 29.6 Å². The first-order chi connectivity index (χ1) is 10.1. The van der Waals surface area contributed by atoms with Crippen LogP contribution < -0.4 is 0 Å². The third-order valence-electron chi connectivity index (χ3n) is 6.62. The van der Waals surface area contributed by atoms with E-state index in [2.05, 4.69) is 20.8 Å². The molecule has 8 unspecified atom stereocenters. The molecule has 1 saturated heterocycles. The minimum absolute atomic E-state index is 0.0796. The molecule has 1 N–H and O–H groups in total. The monoisotopic (exact) mass is 294 g/mol. The molecule has 3 fully saturated rings. The molecule has 0 radical (unpaired) electrons. The first-order valence-corrected chi connectivity index (χ1v) is 9.47. The average Bonchev–Trinajstić information content (AvgIpc) is 3.22. The summed E-state index contributed by atoms with van der Waals surface area (Å²) in [5, 5.41) is 10.5. The highest BCUT2D eigenvalue weighted by atomic mass is 16.6. The second kappa shape index (κ2) is 6.58. The highest BCUT2D eigenvalue weighted by molar-refractivity contribution is 5.02. The lowest BCUT2D eigenvalue weighted by molar-refractivity contribution is -0.0189. The summed E-state index contributed by atoms with van der Waals surface area (Å²) in [6, 6.07) is 0. The van der Waals surface area contributed by atoms with E-state index in [9.17, 15) is 5.11 Å². The summed E-state index contributed by atoms with van der Waals surface area (Å²) in [6.07, 6.45) is 11.3. The minimum Gasteiger partial charge on any atom is -0.393 e. The van der Waals surface area contributed by atoms with Gasteiger partial charge < -0.3 is 9.84 Å². The molecule has 0 aromatic carbocycles. The number of hydrogen-bond donors (Lipinski definition) is 1. The van der Waals surface area contributed by atoms with Crippen LogP contribution in [0.5, 0.6) is 0 Å². The Labute approximate surface area is 130 Å². The number of rotatable bonds is 5. The fourth-order valence-corrected chi connectivity index (χ4v) is 5.47. The molecule has 2 heteroatoms. The fraction of sp³-hybridized carbons (Fsp3) is 1.00. The van der Waals surface area contributed by atoms with E-state index in [1.165, 1.54) is 44.9 Å². The first-order valence-electron chi connectivity index (χ1n) is 9.47. The Hall–Kier alpha value is -0.0800. The smallest absolute Gasteiger partial charge is 0.0872 e. The van der Waals surface area contributed by atoms with Crippen LogP contribution >= 0.6 is 0 Å². The molecular weight excluding hydrogens is 260 g/mol. The Morgan fingerprint density at radius 1 is 0.905 bits per heavy atom. The maximum atomic E-state index is 10.5. The van der Waals surface area contributed by atoms with E-state index in [1.54, 1.807) is 0 Å². The number of fused-ring (bicyclic) bond motifs is 1. The molecule has 0 amide bonds. The summed E-state index contributed by atoms with van der Waals surface area (Å²) in [4.78, 5) is 0. The molecule has 21 heavy (non-hydrogen) atoms. The zero-order valence-electron chi connectivity index (χ0n) is 14.1. The molecule has 122 valence electrons. The van der Waals surface area contributed by atoms with E-state index in [0.29, 0.717) is 24.0 Å². The predicted molar refractivity (Wildman–Crippen MR) is 86.1 cm³/mol. The molecule has 1 aliphatic heterocycles. The zero-order chi connectivity index (χ0) is 15.0. The van der Waals surface area contributed by atoms with E-state index < -0.39 is 0 Å². The van der Waals surface area contributed by atoms with Crippen LogP contribution in [-0.2, 0) is 4.74 Å². The van der Waals surface area contributed by atoms with E-state index in [1.807, 2.05) is 0 Å². The third-order valence-corrected chi connectivity index (χ3v) is 6.62. The van der Waals surface area contributed by atoms with Crippen molar-refractivity contribution in [3.8, 4) is 0 Å². The Kier molecular flexibility index (Phi) is 4.95. The van der Waals surface area contributed by atoms with Crippen molar-refractivity contribution in [3.05, 3.63) is 0 Å². The topological polar surface area (TPSA) is 32.8 Å². The van der Waals surface area contributed by atoms with E-state index in [0.717, 1.165) is 24.2 Å². The number of aliphatic hydroxyl groups excluding tert-OH is 1. The second-order valence-corrected chi connectivity index (χ2v) is 8.15. The van der Waals surface area contributed by atoms with Gasteiger partial charge in [0.2, 0.25) is 0 Å². The largest absolute Gasteiger partial charge is 0.393 e. The van der Waals surface area contributed by atoms with Gasteiger partial charge in [0.15, 0.2) is 0 Å². The van der Waals surface area contributed by atoms with Gasteiger partial charge in [-0.25, -0.2) is 0 Å². The number of hydrogen-bond acceptors (Lipinski definition) is 2. The van der Waals surface area contributed by atoms with Crippen molar-refractivity contribution in [2.75, 3.05) is 0 Å². The van der Waals surface area contributed by atoms with Crippen LogP contribution in [0.3, 0.4) is 0 Å². The van der Waals surface area contributed by atoms with Crippen molar-refractivity contribution in [3.63, 3.8) is 0 Å². The number of ether oxygens (including phenoxy) is 1. The van der Waals surface area contributed by atoms with Crippen LogP contribution in [0.25, 0.3) is 0 Å². The highest BCUT2D eigenvalue weighted by Gasteiger charge is 2.54. The molecule has 8 atom stereocenters. The van der Waals surface area contributed by atoms with Gasteiger partial charge in [-0.05, 0) is 55.3 Å². The van der Waals surface area contributed by atoms with Crippen molar-refractivity contribution in [1.82, 2.24) is 0 Å². The second-order valence-electron chi connectivity index (χ2n) is 8.15. The molecule has 0 aromatic heterocycles. The summed E-state index contributed by atoms with van der Waals surface area (Å²) in [7, 11) is 0. The van der Waals surface area contributed by atoms with Crippen molar-refractivity contribution < 1.29 is 9.84 Å². The lowest BCUT2D eigenvalue weighted by Crippen LogP contribution is -2.42. The Morgan fingerprint density at radius 2 is 1.52 bits per heavy atom. The molecule has 0 spiro atoms. The lowest BCUT2D eigenvalue weighted by Gasteiger charge is -2.43. The zero-order valence-corrected chi connectivity index (χ0v) is 14.1. The maximum absolute atomic E-state index is 10.5. The molecule has 3 rings (SSSR count). The molecule has 2 saturated carbocycles. The van der Waals surface area contributed by atoms with Gasteiger partial charge in [-0.1, -0.05) is 46.5 Å². The summed E-state index contributed by atoms with van der Waals surface area (Å²) in [5.74, 6) is 3.51. The number of epoxide rings is 1. The summed E-state index contributed by atoms with van der Waals surface area (Å²) in [5.41, 5.74) is 0. The molecule has 2 aliphatic carbocycles. The summed E-state index contributed by atoms with van der Waals surface area (Å²) < 4.78 is 6.02. The van der Waals surface area contributed by atoms with Gasteiger partial charge in [-0.3, -0.25) is 0 Å². The van der Waals surface area contributed by atoms with Gasteiger partial charge in [0, 0.05) is 0 Å². The SMILES string of the molecule is CCCC1CC(O)C(C)C(C2CC(CCC)CC3OC32)C1. The Balaban J connectivity index is 1.68. The normalized spacial score (nSPS) is 49.7. The lowest BCUT2D eigenvalue weighted by atomic mass is 9.62. The van der Waals surface area contributed by atoms with Crippen LogP contribution in [0.1, 0.15) is 72.1 Å². The molecule has 2 nitrogen and oxygen atoms in total. The maximum Gasteiger partial charge on any atom is 0.0872 e. The van der Waals surface area contributed by atoms with Crippen molar-refractivity contribution in [2.45, 2.75) is 90.4 Å². The predicted octanol–water partition coefficient (Wildman–Crippen LogP) is 4.40. The molecule has 3 aliphatic rings. The van der Waals surface area contributed by atoms with Gasteiger partial charge >= 0.3 is 0 Å². The average molecular weight is 294 g/mol. The van der Waals surface area contributed by atoms with Gasteiger partial charge in [0.1, 0.15) is 0 Å².